The molecule has 1 aromatic heterocycles. The summed E-state index contributed by atoms with van der Waals surface area (Å²) in [5.41, 5.74) is 0.424. The highest BCUT2D eigenvalue weighted by molar-refractivity contribution is 5.92. The minimum Gasteiger partial charge on any atom is -0.364 e. The van der Waals surface area contributed by atoms with Gasteiger partial charge in [0.1, 0.15) is 6.26 Å². The largest absolute Gasteiger partial charge is 0.364 e. The van der Waals surface area contributed by atoms with Gasteiger partial charge in [0.25, 0.3) is 5.91 Å². The van der Waals surface area contributed by atoms with Crippen LogP contribution in [0.25, 0.3) is 0 Å². The Morgan fingerprint density at radius 1 is 1.43 bits per heavy atom. The van der Waals surface area contributed by atoms with Crippen molar-refractivity contribution in [3.8, 4) is 0 Å². The zero-order valence-corrected chi connectivity index (χ0v) is 13.0. The van der Waals surface area contributed by atoms with E-state index < -0.39 is 0 Å². The summed E-state index contributed by atoms with van der Waals surface area (Å²) in [7, 11) is 0. The van der Waals surface area contributed by atoms with E-state index in [1.807, 2.05) is 4.90 Å². The van der Waals surface area contributed by atoms with E-state index in [2.05, 4.69) is 23.9 Å². The lowest BCUT2D eigenvalue weighted by Crippen LogP contribution is -2.46. The molecule has 0 bridgehead atoms. The average molecular weight is 291 g/mol. The number of carbonyl (C=O) groups excluding carboxylic acids is 1. The van der Waals surface area contributed by atoms with Gasteiger partial charge in [-0.05, 0) is 31.1 Å². The Hall–Kier alpha value is -1.36. The highest BCUT2D eigenvalue weighted by atomic mass is 16.5. The zero-order chi connectivity index (χ0) is 14.8. The van der Waals surface area contributed by atoms with Gasteiger partial charge in [0.15, 0.2) is 5.69 Å². The summed E-state index contributed by atoms with van der Waals surface area (Å²) in [4.78, 5) is 17.1. The van der Waals surface area contributed by atoms with E-state index in [1.165, 1.54) is 25.6 Å². The SMILES string of the molecule is CC(C)[C@H]1CN(C(=O)c2ccon2)CCCN1CC1CC1. The normalized spacial score (nSPS) is 24.3. The first-order valence-electron chi connectivity index (χ1n) is 8.09. The Kier molecular flexibility index (Phi) is 4.29. The second-order valence-electron chi connectivity index (χ2n) is 6.74. The molecule has 2 fully saturated rings. The van der Waals surface area contributed by atoms with E-state index in [0.29, 0.717) is 17.7 Å². The first kappa shape index (κ1) is 14.6. The molecule has 1 atom stereocenters. The fraction of sp³-hybridized carbons (Fsp3) is 0.750. The standard InChI is InChI=1S/C16H25N3O2/c1-12(2)15-11-19(16(20)14-6-9-21-17-14)8-3-7-18(15)10-13-4-5-13/h6,9,12-13,15H,3-5,7-8,10-11H2,1-2H3/t15-/m1/s1. The van der Waals surface area contributed by atoms with Gasteiger partial charge in [-0.25, -0.2) is 0 Å². The summed E-state index contributed by atoms with van der Waals surface area (Å²) in [6.07, 6.45) is 5.26. The van der Waals surface area contributed by atoms with Crippen LogP contribution >= 0.6 is 0 Å². The molecule has 0 aromatic carbocycles. The van der Waals surface area contributed by atoms with Crippen LogP contribution in [0.3, 0.4) is 0 Å². The monoisotopic (exact) mass is 291 g/mol. The molecule has 0 N–H and O–H groups in total. The van der Waals surface area contributed by atoms with Crippen molar-refractivity contribution >= 4 is 5.91 Å². The highest BCUT2D eigenvalue weighted by Gasteiger charge is 2.33. The summed E-state index contributed by atoms with van der Waals surface area (Å²) < 4.78 is 4.81. The van der Waals surface area contributed by atoms with Gasteiger partial charge in [-0.2, -0.15) is 0 Å². The van der Waals surface area contributed by atoms with Crippen LogP contribution in [0.15, 0.2) is 16.9 Å². The van der Waals surface area contributed by atoms with Gasteiger partial charge in [-0.15, -0.1) is 0 Å². The first-order chi connectivity index (χ1) is 10.1. The summed E-state index contributed by atoms with van der Waals surface area (Å²) in [5.74, 6) is 1.45. The van der Waals surface area contributed by atoms with Crippen LogP contribution in [0.5, 0.6) is 0 Å². The highest BCUT2D eigenvalue weighted by Crippen LogP contribution is 2.32. The lowest BCUT2D eigenvalue weighted by atomic mass is 10.0. The van der Waals surface area contributed by atoms with Gasteiger partial charge >= 0.3 is 0 Å². The Morgan fingerprint density at radius 3 is 2.86 bits per heavy atom. The lowest BCUT2D eigenvalue weighted by molar-refractivity contribution is 0.0694. The van der Waals surface area contributed by atoms with Crippen LogP contribution in [0.2, 0.25) is 0 Å². The molecule has 0 radical (unpaired) electrons. The maximum atomic E-state index is 12.5. The minimum absolute atomic E-state index is 0.00247. The molecular weight excluding hydrogens is 266 g/mol. The molecule has 0 unspecified atom stereocenters. The molecule has 1 aromatic rings. The molecule has 1 saturated carbocycles. The van der Waals surface area contributed by atoms with Crippen molar-refractivity contribution in [2.75, 3.05) is 26.2 Å². The summed E-state index contributed by atoms with van der Waals surface area (Å²) >= 11 is 0. The van der Waals surface area contributed by atoms with Crippen molar-refractivity contribution in [2.45, 2.75) is 39.2 Å². The number of amides is 1. The molecule has 21 heavy (non-hydrogen) atoms. The van der Waals surface area contributed by atoms with Gasteiger partial charge in [-0.3, -0.25) is 9.69 Å². The van der Waals surface area contributed by atoms with E-state index >= 15 is 0 Å². The number of nitrogens with zero attached hydrogens (tertiary/aromatic N) is 3. The summed E-state index contributed by atoms with van der Waals surface area (Å²) in [6, 6.07) is 2.10. The van der Waals surface area contributed by atoms with E-state index in [-0.39, 0.29) is 5.91 Å². The van der Waals surface area contributed by atoms with Crippen molar-refractivity contribution in [3.05, 3.63) is 18.0 Å². The smallest absolute Gasteiger partial charge is 0.276 e. The Morgan fingerprint density at radius 2 is 2.24 bits per heavy atom. The third-order valence-electron chi connectivity index (χ3n) is 4.65. The molecule has 2 heterocycles. The molecule has 5 nitrogen and oxygen atoms in total. The lowest BCUT2D eigenvalue weighted by Gasteiger charge is -2.34. The molecule has 0 spiro atoms. The van der Waals surface area contributed by atoms with Crippen molar-refractivity contribution in [1.29, 1.82) is 0 Å². The maximum Gasteiger partial charge on any atom is 0.276 e. The van der Waals surface area contributed by atoms with Gasteiger partial charge in [-0.1, -0.05) is 19.0 Å². The van der Waals surface area contributed by atoms with E-state index in [0.717, 1.165) is 32.0 Å². The van der Waals surface area contributed by atoms with Crippen LogP contribution in [0.4, 0.5) is 0 Å². The fourth-order valence-electron chi connectivity index (χ4n) is 3.22. The number of aromatic nitrogens is 1. The van der Waals surface area contributed by atoms with Crippen LogP contribution in [0, 0.1) is 11.8 Å². The third-order valence-corrected chi connectivity index (χ3v) is 4.65. The molecule has 1 aliphatic heterocycles. The molecular formula is C16H25N3O2. The van der Waals surface area contributed by atoms with Crippen molar-refractivity contribution in [3.63, 3.8) is 0 Å². The van der Waals surface area contributed by atoms with Gasteiger partial charge in [0.05, 0.1) is 0 Å². The number of carbonyl (C=O) groups is 1. The second-order valence-corrected chi connectivity index (χ2v) is 6.74. The Balaban J connectivity index is 1.70. The van der Waals surface area contributed by atoms with Crippen LogP contribution < -0.4 is 0 Å². The summed E-state index contributed by atoms with van der Waals surface area (Å²) in [5, 5.41) is 3.79. The van der Waals surface area contributed by atoms with Gasteiger partial charge in [0, 0.05) is 38.3 Å². The minimum atomic E-state index is 0.00247. The first-order valence-corrected chi connectivity index (χ1v) is 8.09. The fourth-order valence-corrected chi connectivity index (χ4v) is 3.22. The molecule has 116 valence electrons. The van der Waals surface area contributed by atoms with Crippen molar-refractivity contribution in [2.24, 2.45) is 11.8 Å². The van der Waals surface area contributed by atoms with E-state index in [1.54, 1.807) is 6.07 Å². The average Bonchev–Trinajstić information content (AvgIpc) is 3.16. The van der Waals surface area contributed by atoms with E-state index in [4.69, 9.17) is 4.52 Å². The molecule has 1 saturated heterocycles. The van der Waals surface area contributed by atoms with Crippen LogP contribution in [-0.2, 0) is 0 Å². The summed E-state index contributed by atoms with van der Waals surface area (Å²) in [6.45, 7) is 8.44. The van der Waals surface area contributed by atoms with Crippen molar-refractivity contribution < 1.29 is 9.32 Å². The molecule has 2 aliphatic rings. The zero-order valence-electron chi connectivity index (χ0n) is 13.0. The van der Waals surface area contributed by atoms with Crippen LogP contribution in [-0.4, -0.2) is 53.1 Å². The maximum absolute atomic E-state index is 12.5. The van der Waals surface area contributed by atoms with Crippen molar-refractivity contribution in [1.82, 2.24) is 15.0 Å². The predicted octanol–water partition coefficient (Wildman–Crippen LogP) is 2.26. The Bertz CT molecular complexity index is 468. The molecule has 5 heteroatoms. The number of rotatable bonds is 4. The molecule has 1 amide bonds. The van der Waals surface area contributed by atoms with E-state index in [9.17, 15) is 4.79 Å². The second kappa shape index (κ2) is 6.18. The third kappa shape index (κ3) is 3.46. The van der Waals surface area contributed by atoms with Crippen LogP contribution in [0.1, 0.15) is 43.6 Å². The number of hydrogen-bond acceptors (Lipinski definition) is 4. The predicted molar refractivity (Wildman–Crippen MR) is 79.9 cm³/mol. The topological polar surface area (TPSA) is 49.6 Å². The number of hydrogen-bond donors (Lipinski definition) is 0. The molecule has 3 rings (SSSR count). The van der Waals surface area contributed by atoms with Gasteiger partial charge in [0.2, 0.25) is 0 Å². The quantitative estimate of drug-likeness (QED) is 0.854. The Labute approximate surface area is 126 Å². The van der Waals surface area contributed by atoms with Gasteiger partial charge < -0.3 is 9.42 Å². The molecule has 1 aliphatic carbocycles.